The summed E-state index contributed by atoms with van der Waals surface area (Å²) in [4.78, 5) is 11.5. The van der Waals surface area contributed by atoms with Crippen molar-refractivity contribution >= 4 is 28.2 Å². The molecule has 0 spiro atoms. The first-order valence-corrected chi connectivity index (χ1v) is 6.78. The van der Waals surface area contributed by atoms with Gasteiger partial charge in [0.25, 0.3) is 11.0 Å². The molecule has 3 rings (SSSR count). The largest absolute Gasteiger partial charge is 0.617 e. The number of rotatable bonds is 2. The van der Waals surface area contributed by atoms with Gasteiger partial charge in [-0.05, 0) is 19.1 Å². The van der Waals surface area contributed by atoms with E-state index in [1.54, 1.807) is 6.92 Å². The van der Waals surface area contributed by atoms with Crippen LogP contribution < -0.4 is 14.2 Å². The van der Waals surface area contributed by atoms with E-state index in [1.807, 2.05) is 0 Å². The molecule has 8 nitrogen and oxygen atoms in total. The van der Waals surface area contributed by atoms with Gasteiger partial charge in [-0.3, -0.25) is 0 Å². The van der Waals surface area contributed by atoms with Crippen LogP contribution in [0.3, 0.4) is 0 Å². The number of phenolic OH excluding ortho intramolecular Hbond substituents is 1. The summed E-state index contributed by atoms with van der Waals surface area (Å²) >= 11 is 0. The Bertz CT molecular complexity index is 925. The summed E-state index contributed by atoms with van der Waals surface area (Å²) in [7, 11) is 0. The van der Waals surface area contributed by atoms with E-state index in [0.29, 0.717) is 9.46 Å². The van der Waals surface area contributed by atoms with Crippen molar-refractivity contribution in [3.8, 4) is 11.5 Å². The molecule has 0 amide bonds. The maximum Gasteiger partial charge on any atom is 0.514 e. The molecule has 0 unspecified atom stereocenters. The van der Waals surface area contributed by atoms with Gasteiger partial charge in [-0.1, -0.05) is 12.1 Å². The molecular formula is C15H12N2O6. The van der Waals surface area contributed by atoms with Gasteiger partial charge < -0.3 is 25.0 Å². The number of fused-ring (bicyclic) bond motifs is 2. The Kier molecular flexibility index (Phi) is 3.49. The number of aromatic nitrogens is 2. The molecule has 0 atom stereocenters. The second-order valence-corrected chi connectivity index (χ2v) is 4.64. The number of ether oxygens (including phenoxy) is 2. The van der Waals surface area contributed by atoms with Crippen molar-refractivity contribution in [1.29, 1.82) is 0 Å². The maximum absolute atomic E-state index is 12.6. The molecule has 3 aromatic rings. The zero-order valence-electron chi connectivity index (χ0n) is 12.1. The van der Waals surface area contributed by atoms with Gasteiger partial charge in [0.1, 0.15) is 0 Å². The van der Waals surface area contributed by atoms with Crippen LogP contribution in [0.1, 0.15) is 6.92 Å². The van der Waals surface area contributed by atoms with Crippen LogP contribution in [0, 0.1) is 10.4 Å². The van der Waals surface area contributed by atoms with E-state index in [1.165, 1.54) is 36.4 Å². The smallest absolute Gasteiger partial charge is 0.514 e. The number of carbonyl (C=O) groups excluding carboxylic acids is 1. The summed E-state index contributed by atoms with van der Waals surface area (Å²) in [5, 5.41) is 34.9. The minimum atomic E-state index is -0.978. The third kappa shape index (κ3) is 2.30. The molecule has 0 fully saturated rings. The Morgan fingerprint density at radius 1 is 1.09 bits per heavy atom. The van der Waals surface area contributed by atoms with Gasteiger partial charge in [0.15, 0.2) is 5.75 Å². The molecular weight excluding hydrogens is 304 g/mol. The molecule has 23 heavy (non-hydrogen) atoms. The number of aromatic hydroxyl groups is 1. The van der Waals surface area contributed by atoms with Gasteiger partial charge in [-0.15, -0.1) is 0 Å². The third-order valence-corrected chi connectivity index (χ3v) is 3.27. The lowest BCUT2D eigenvalue weighted by molar-refractivity contribution is -0.591. The van der Waals surface area contributed by atoms with Crippen LogP contribution in [0.15, 0.2) is 36.4 Å². The van der Waals surface area contributed by atoms with Crippen LogP contribution in [-0.2, 0) is 4.74 Å². The first-order chi connectivity index (χ1) is 11.0. The molecule has 0 saturated heterocycles. The van der Waals surface area contributed by atoms with Crippen LogP contribution in [0.25, 0.3) is 22.1 Å². The van der Waals surface area contributed by atoms with Crippen molar-refractivity contribution in [1.82, 2.24) is 0 Å². The average Bonchev–Trinajstić information content (AvgIpc) is 2.52. The number of hydrogen-bond acceptors (Lipinski definition) is 6. The molecule has 118 valence electrons. The fraction of sp³-hybridized carbons (Fsp3) is 0.133. The Labute approximate surface area is 129 Å². The lowest BCUT2D eigenvalue weighted by Gasteiger charge is -2.10. The Morgan fingerprint density at radius 2 is 1.70 bits per heavy atom. The zero-order valence-corrected chi connectivity index (χ0v) is 12.1. The highest BCUT2D eigenvalue weighted by Crippen LogP contribution is 2.25. The Hall–Kier alpha value is -3.29. The van der Waals surface area contributed by atoms with Crippen LogP contribution in [0.4, 0.5) is 4.79 Å². The van der Waals surface area contributed by atoms with Gasteiger partial charge in [0, 0.05) is 12.1 Å². The number of phenols is 1. The Balaban J connectivity index is 2.33. The van der Waals surface area contributed by atoms with E-state index in [0.717, 1.165) is 0 Å². The highest BCUT2D eigenvalue weighted by Gasteiger charge is 2.28. The lowest BCUT2D eigenvalue weighted by Crippen LogP contribution is -2.39. The summed E-state index contributed by atoms with van der Waals surface area (Å²) in [5.74, 6) is -0.425. The average molecular weight is 316 g/mol. The quantitative estimate of drug-likeness (QED) is 0.252. The maximum atomic E-state index is 12.6. The van der Waals surface area contributed by atoms with Crippen molar-refractivity contribution in [3.05, 3.63) is 46.8 Å². The predicted molar refractivity (Wildman–Crippen MR) is 78.7 cm³/mol. The molecule has 0 aliphatic carbocycles. The van der Waals surface area contributed by atoms with E-state index < -0.39 is 6.16 Å². The first kappa shape index (κ1) is 14.6. The van der Waals surface area contributed by atoms with Crippen LogP contribution in [-0.4, -0.2) is 17.9 Å². The number of nitrogens with zero attached hydrogens (tertiary/aromatic N) is 2. The summed E-state index contributed by atoms with van der Waals surface area (Å²) in [6, 6.07) is 8.35. The zero-order chi connectivity index (χ0) is 16.6. The highest BCUT2D eigenvalue weighted by atomic mass is 16.7. The summed E-state index contributed by atoms with van der Waals surface area (Å²) in [6.07, 6.45) is -0.978. The standard InChI is InChI=1S/C15H12N2O6/c1-2-22-15(19)23-12-8-4-6-10-14(12)17(21)9-5-3-7-11(18)13(9)16(10)20/h3-8,18H,2H2,1H3. The fourth-order valence-electron chi connectivity index (χ4n) is 2.33. The normalized spacial score (nSPS) is 10.8. The molecule has 0 bridgehead atoms. The van der Waals surface area contributed by atoms with Crippen LogP contribution >= 0.6 is 0 Å². The molecule has 1 heterocycles. The molecule has 0 saturated carbocycles. The topological polar surface area (TPSA) is 110 Å². The minimum Gasteiger partial charge on any atom is -0.617 e. The van der Waals surface area contributed by atoms with Gasteiger partial charge in [-0.25, -0.2) is 4.79 Å². The van der Waals surface area contributed by atoms with E-state index in [-0.39, 0.29) is 40.2 Å². The van der Waals surface area contributed by atoms with E-state index in [4.69, 9.17) is 4.74 Å². The number of para-hydroxylation sites is 2. The molecule has 1 N–H and O–H groups in total. The van der Waals surface area contributed by atoms with Crippen molar-refractivity contribution in [2.24, 2.45) is 0 Å². The number of hydrogen-bond donors (Lipinski definition) is 1. The number of benzene rings is 2. The third-order valence-electron chi connectivity index (χ3n) is 3.27. The van der Waals surface area contributed by atoms with Crippen LogP contribution in [0.5, 0.6) is 11.5 Å². The van der Waals surface area contributed by atoms with Crippen LogP contribution in [0.2, 0.25) is 0 Å². The van der Waals surface area contributed by atoms with E-state index >= 15 is 0 Å². The monoisotopic (exact) mass is 316 g/mol. The molecule has 2 aromatic carbocycles. The minimum absolute atomic E-state index is 0.0456. The van der Waals surface area contributed by atoms with Crippen molar-refractivity contribution in [2.45, 2.75) is 6.92 Å². The van der Waals surface area contributed by atoms with Crippen molar-refractivity contribution < 1.29 is 28.8 Å². The second kappa shape index (κ2) is 5.48. The van der Waals surface area contributed by atoms with Crippen molar-refractivity contribution in [2.75, 3.05) is 6.61 Å². The fourth-order valence-corrected chi connectivity index (χ4v) is 2.33. The van der Waals surface area contributed by atoms with E-state index in [2.05, 4.69) is 4.74 Å². The number of carbonyl (C=O) groups is 1. The van der Waals surface area contributed by atoms with Gasteiger partial charge >= 0.3 is 17.2 Å². The van der Waals surface area contributed by atoms with E-state index in [9.17, 15) is 20.3 Å². The Morgan fingerprint density at radius 3 is 2.39 bits per heavy atom. The second-order valence-electron chi connectivity index (χ2n) is 4.64. The summed E-state index contributed by atoms with van der Waals surface area (Å²) in [5.41, 5.74) is -0.389. The first-order valence-electron chi connectivity index (χ1n) is 6.78. The molecule has 1 aromatic heterocycles. The lowest BCUT2D eigenvalue weighted by atomic mass is 10.2. The molecule has 0 radical (unpaired) electrons. The summed E-state index contributed by atoms with van der Waals surface area (Å²) < 4.78 is 10.5. The van der Waals surface area contributed by atoms with Gasteiger partial charge in [0.05, 0.1) is 6.61 Å². The highest BCUT2D eigenvalue weighted by molar-refractivity contribution is 5.84. The van der Waals surface area contributed by atoms with Crippen molar-refractivity contribution in [3.63, 3.8) is 0 Å². The molecule has 0 aliphatic rings. The molecule has 8 heteroatoms. The summed E-state index contributed by atoms with van der Waals surface area (Å²) in [6.45, 7) is 1.72. The van der Waals surface area contributed by atoms with Gasteiger partial charge in [0.2, 0.25) is 5.75 Å². The predicted octanol–water partition coefficient (Wildman–Crippen LogP) is 1.50. The van der Waals surface area contributed by atoms with Gasteiger partial charge in [-0.2, -0.15) is 9.46 Å². The SMILES string of the molecule is CCOC(=O)Oc1cccc2c1[n+]([O-])c1cccc(O)c1[n+]2[O-]. The molecule has 0 aliphatic heterocycles.